The van der Waals surface area contributed by atoms with E-state index in [4.69, 9.17) is 9.31 Å². The van der Waals surface area contributed by atoms with Gasteiger partial charge in [-0.15, -0.1) is 0 Å². The van der Waals surface area contributed by atoms with Gasteiger partial charge in [0.05, 0.1) is 11.2 Å². The van der Waals surface area contributed by atoms with Gasteiger partial charge in [0, 0.05) is 24.7 Å². The van der Waals surface area contributed by atoms with E-state index in [-0.39, 0.29) is 18.3 Å². The molecule has 0 radical (unpaired) electrons. The van der Waals surface area contributed by atoms with Gasteiger partial charge >= 0.3 is 7.12 Å². The van der Waals surface area contributed by atoms with Gasteiger partial charge in [0.1, 0.15) is 5.82 Å². The third kappa shape index (κ3) is 2.54. The van der Waals surface area contributed by atoms with Crippen LogP contribution >= 0.6 is 0 Å². The molecule has 1 aliphatic heterocycles. The monoisotopic (exact) mass is 302 g/mol. The van der Waals surface area contributed by atoms with E-state index in [1.54, 1.807) is 0 Å². The molecule has 0 unspecified atom stereocenters. The van der Waals surface area contributed by atoms with E-state index in [1.807, 2.05) is 6.20 Å². The Morgan fingerprint density at radius 2 is 1.77 bits per heavy atom. The third-order valence-corrected chi connectivity index (χ3v) is 5.50. The van der Waals surface area contributed by atoms with E-state index in [9.17, 15) is 0 Å². The summed E-state index contributed by atoms with van der Waals surface area (Å²) < 4.78 is 12.5. The van der Waals surface area contributed by atoms with Gasteiger partial charge in [-0.05, 0) is 59.4 Å². The lowest BCUT2D eigenvalue weighted by Crippen LogP contribution is -2.44. The first-order valence-corrected chi connectivity index (χ1v) is 8.26. The summed E-state index contributed by atoms with van der Waals surface area (Å²) in [6.45, 7) is 10.4. The summed E-state index contributed by atoms with van der Waals surface area (Å²) in [4.78, 5) is 6.98. The van der Waals surface area contributed by atoms with Crippen LogP contribution in [0.4, 0.5) is 5.82 Å². The molecule has 5 heteroatoms. The Balaban J connectivity index is 1.94. The molecule has 2 fully saturated rings. The van der Waals surface area contributed by atoms with Gasteiger partial charge < -0.3 is 14.2 Å². The summed E-state index contributed by atoms with van der Waals surface area (Å²) in [6.07, 6.45) is 5.73. The van der Waals surface area contributed by atoms with Crippen molar-refractivity contribution in [3.63, 3.8) is 0 Å². The SMILES string of the molecule is Cc1cnc(N(C)C2CCC2)c(B2OC(C)(C)C(C)(C)O2)c1. The second-order valence-corrected chi connectivity index (χ2v) is 7.71. The molecule has 0 atom stereocenters. The van der Waals surface area contributed by atoms with Crippen LogP contribution in [0.25, 0.3) is 0 Å². The summed E-state index contributed by atoms with van der Waals surface area (Å²) in [5.41, 5.74) is 1.53. The van der Waals surface area contributed by atoms with Gasteiger partial charge in [0.2, 0.25) is 0 Å². The number of pyridine rings is 1. The lowest BCUT2D eigenvalue weighted by molar-refractivity contribution is 0.00578. The highest BCUT2D eigenvalue weighted by Gasteiger charge is 2.52. The van der Waals surface area contributed by atoms with Crippen LogP contribution in [0.2, 0.25) is 0 Å². The highest BCUT2D eigenvalue weighted by molar-refractivity contribution is 6.63. The van der Waals surface area contributed by atoms with E-state index in [0.717, 1.165) is 16.8 Å². The number of rotatable bonds is 3. The number of aryl methyl sites for hydroxylation is 1. The molecule has 4 nitrogen and oxygen atoms in total. The van der Waals surface area contributed by atoms with Crippen LogP contribution in [0.15, 0.2) is 12.3 Å². The molecule has 0 bridgehead atoms. The number of aromatic nitrogens is 1. The Morgan fingerprint density at radius 3 is 2.27 bits per heavy atom. The van der Waals surface area contributed by atoms with Crippen molar-refractivity contribution in [2.24, 2.45) is 0 Å². The molecule has 0 aromatic carbocycles. The Kier molecular flexibility index (Phi) is 3.77. The van der Waals surface area contributed by atoms with Crippen LogP contribution in [-0.2, 0) is 9.31 Å². The highest BCUT2D eigenvalue weighted by atomic mass is 16.7. The molecule has 1 saturated carbocycles. The van der Waals surface area contributed by atoms with Crippen LogP contribution in [0, 0.1) is 6.92 Å². The minimum atomic E-state index is -0.352. The Bertz CT molecular complexity index is 554. The van der Waals surface area contributed by atoms with Gasteiger partial charge in [0.15, 0.2) is 0 Å². The zero-order valence-electron chi connectivity index (χ0n) is 14.6. The van der Waals surface area contributed by atoms with Crippen molar-refractivity contribution < 1.29 is 9.31 Å². The standard InChI is InChI=1S/C17H27BN2O2/c1-12-10-14(18-21-16(2,3)17(4,5)22-18)15(19-11-12)20(6)13-8-7-9-13/h10-11,13H,7-9H2,1-6H3. The fraction of sp³-hybridized carbons (Fsp3) is 0.706. The minimum absolute atomic E-state index is 0.326. The lowest BCUT2D eigenvalue weighted by atomic mass is 9.78. The molecule has 0 N–H and O–H groups in total. The molecular formula is C17H27BN2O2. The zero-order valence-corrected chi connectivity index (χ0v) is 14.6. The maximum absolute atomic E-state index is 6.24. The molecule has 1 aromatic heterocycles. The zero-order chi connectivity index (χ0) is 16.1. The summed E-state index contributed by atoms with van der Waals surface area (Å²) in [5.74, 6) is 0.994. The van der Waals surface area contributed by atoms with E-state index in [0.29, 0.717) is 6.04 Å². The molecule has 0 spiro atoms. The fourth-order valence-electron chi connectivity index (χ4n) is 2.97. The summed E-state index contributed by atoms with van der Waals surface area (Å²) in [7, 11) is 1.78. The van der Waals surface area contributed by atoms with Gasteiger partial charge in [0.25, 0.3) is 0 Å². The van der Waals surface area contributed by atoms with Crippen molar-refractivity contribution in [3.05, 3.63) is 17.8 Å². The van der Waals surface area contributed by atoms with Crippen molar-refractivity contribution in [3.8, 4) is 0 Å². The third-order valence-electron chi connectivity index (χ3n) is 5.50. The first-order valence-electron chi connectivity index (χ1n) is 8.26. The van der Waals surface area contributed by atoms with Gasteiger partial charge in [-0.1, -0.05) is 6.07 Å². The average molecular weight is 302 g/mol. The molecule has 2 heterocycles. The topological polar surface area (TPSA) is 34.6 Å². The van der Waals surface area contributed by atoms with Crippen molar-refractivity contribution >= 4 is 18.4 Å². The maximum atomic E-state index is 6.24. The largest absolute Gasteiger partial charge is 0.498 e. The molecule has 22 heavy (non-hydrogen) atoms. The van der Waals surface area contributed by atoms with Gasteiger partial charge in [-0.25, -0.2) is 4.98 Å². The van der Waals surface area contributed by atoms with Crippen LogP contribution in [-0.4, -0.2) is 36.4 Å². The summed E-state index contributed by atoms with van der Waals surface area (Å²) in [6, 6.07) is 2.75. The van der Waals surface area contributed by atoms with E-state index in [1.165, 1.54) is 19.3 Å². The molecule has 3 rings (SSSR count). The molecule has 1 aliphatic carbocycles. The van der Waals surface area contributed by atoms with Crippen molar-refractivity contribution in [2.75, 3.05) is 11.9 Å². The van der Waals surface area contributed by atoms with Crippen LogP contribution in [0.1, 0.15) is 52.5 Å². The fourth-order valence-corrected chi connectivity index (χ4v) is 2.97. The highest BCUT2D eigenvalue weighted by Crippen LogP contribution is 2.37. The van der Waals surface area contributed by atoms with E-state index >= 15 is 0 Å². The summed E-state index contributed by atoms with van der Waals surface area (Å²) >= 11 is 0. The molecule has 1 aromatic rings. The van der Waals surface area contributed by atoms with E-state index in [2.05, 4.69) is 57.6 Å². The van der Waals surface area contributed by atoms with E-state index < -0.39 is 0 Å². The quantitative estimate of drug-likeness (QED) is 0.804. The number of anilines is 1. The number of hydrogen-bond acceptors (Lipinski definition) is 4. The van der Waals surface area contributed by atoms with Crippen molar-refractivity contribution in [1.29, 1.82) is 0 Å². The van der Waals surface area contributed by atoms with Gasteiger partial charge in [-0.3, -0.25) is 0 Å². The first-order chi connectivity index (χ1) is 10.2. The summed E-state index contributed by atoms with van der Waals surface area (Å²) in [5, 5.41) is 0. The number of nitrogens with zero attached hydrogens (tertiary/aromatic N) is 2. The smallest absolute Gasteiger partial charge is 0.399 e. The van der Waals surface area contributed by atoms with Crippen molar-refractivity contribution in [2.45, 2.75) is 71.1 Å². The van der Waals surface area contributed by atoms with Crippen LogP contribution < -0.4 is 10.4 Å². The normalized spacial score (nSPS) is 23.5. The van der Waals surface area contributed by atoms with Crippen LogP contribution in [0.5, 0.6) is 0 Å². The average Bonchev–Trinajstić information content (AvgIpc) is 2.56. The number of hydrogen-bond donors (Lipinski definition) is 0. The second-order valence-electron chi connectivity index (χ2n) is 7.71. The molecular weight excluding hydrogens is 275 g/mol. The van der Waals surface area contributed by atoms with Gasteiger partial charge in [-0.2, -0.15) is 0 Å². The lowest BCUT2D eigenvalue weighted by Gasteiger charge is -2.36. The predicted molar refractivity (Wildman–Crippen MR) is 90.7 cm³/mol. The minimum Gasteiger partial charge on any atom is -0.399 e. The predicted octanol–water partition coefficient (Wildman–Crippen LogP) is 2.68. The first kappa shape index (κ1) is 15.8. The molecule has 2 aliphatic rings. The molecule has 120 valence electrons. The van der Waals surface area contributed by atoms with Crippen LogP contribution in [0.3, 0.4) is 0 Å². The maximum Gasteiger partial charge on any atom is 0.498 e. The second kappa shape index (κ2) is 5.24. The Morgan fingerprint density at radius 1 is 1.18 bits per heavy atom. The molecule has 0 amide bonds. The van der Waals surface area contributed by atoms with Crippen molar-refractivity contribution in [1.82, 2.24) is 4.98 Å². The Labute approximate surface area is 134 Å². The molecule has 1 saturated heterocycles. The Hall–Kier alpha value is -1.07.